The van der Waals surface area contributed by atoms with E-state index in [4.69, 9.17) is 14.5 Å². The first-order chi connectivity index (χ1) is 13.0. The van der Waals surface area contributed by atoms with Gasteiger partial charge in [-0.05, 0) is 43.9 Å². The first-order valence-corrected chi connectivity index (χ1v) is 9.93. The number of methoxy groups -OCH3 is 2. The molecule has 28 heavy (non-hydrogen) atoms. The second kappa shape index (κ2) is 12.4. The molecule has 0 aliphatic heterocycles. The van der Waals surface area contributed by atoms with Gasteiger partial charge in [-0.2, -0.15) is 0 Å². The molecule has 1 aromatic carbocycles. The Balaban J connectivity index is 0.00000392. The molecule has 1 saturated carbocycles. The number of rotatable bonds is 8. The second-order valence-corrected chi connectivity index (χ2v) is 7.48. The van der Waals surface area contributed by atoms with Crippen LogP contribution in [0, 0.1) is 5.41 Å². The molecule has 1 aromatic rings. The zero-order valence-corrected chi connectivity index (χ0v) is 19.9. The molecule has 7 heteroatoms. The number of halogens is 1. The van der Waals surface area contributed by atoms with Crippen LogP contribution < -0.4 is 20.1 Å². The van der Waals surface area contributed by atoms with Gasteiger partial charge in [-0.15, -0.1) is 24.0 Å². The van der Waals surface area contributed by atoms with Gasteiger partial charge in [-0.3, -0.25) is 4.99 Å². The third kappa shape index (κ3) is 6.99. The van der Waals surface area contributed by atoms with Crippen molar-refractivity contribution in [2.45, 2.75) is 52.1 Å². The average Bonchev–Trinajstić information content (AvgIpc) is 2.68. The van der Waals surface area contributed by atoms with Gasteiger partial charge in [0.2, 0.25) is 0 Å². The van der Waals surface area contributed by atoms with Gasteiger partial charge in [0.15, 0.2) is 17.5 Å². The molecule has 0 amide bonds. The maximum absolute atomic E-state index is 10.4. The monoisotopic (exact) mass is 505 g/mol. The third-order valence-electron chi connectivity index (χ3n) is 5.38. The van der Waals surface area contributed by atoms with E-state index in [1.807, 2.05) is 18.2 Å². The van der Waals surface area contributed by atoms with Gasteiger partial charge in [0, 0.05) is 18.5 Å². The largest absolute Gasteiger partial charge is 0.493 e. The molecule has 2 rings (SSSR count). The number of guanidine groups is 1. The van der Waals surface area contributed by atoms with Crippen LogP contribution in [0.15, 0.2) is 23.2 Å². The SMILES string of the molecule is CCNC(=NCC1(C)CCCCC1O)NCCc1ccc(OC)c(OC)c1.I. The van der Waals surface area contributed by atoms with Gasteiger partial charge >= 0.3 is 0 Å². The van der Waals surface area contributed by atoms with Crippen molar-refractivity contribution in [1.29, 1.82) is 0 Å². The topological polar surface area (TPSA) is 75.1 Å². The number of aliphatic hydroxyl groups is 1. The number of aliphatic hydroxyl groups excluding tert-OH is 1. The fourth-order valence-electron chi connectivity index (χ4n) is 3.53. The molecular weight excluding hydrogens is 469 g/mol. The number of hydrogen-bond acceptors (Lipinski definition) is 4. The molecule has 1 aliphatic rings. The van der Waals surface area contributed by atoms with E-state index >= 15 is 0 Å². The minimum Gasteiger partial charge on any atom is -0.493 e. The Hall–Kier alpha value is -1.22. The summed E-state index contributed by atoms with van der Waals surface area (Å²) in [7, 11) is 3.29. The van der Waals surface area contributed by atoms with E-state index in [1.165, 1.54) is 12.0 Å². The molecule has 1 fully saturated rings. The van der Waals surface area contributed by atoms with Crippen LogP contribution in [0.1, 0.15) is 45.1 Å². The van der Waals surface area contributed by atoms with E-state index in [-0.39, 0.29) is 35.5 Å². The Morgan fingerprint density at radius 2 is 1.96 bits per heavy atom. The molecule has 2 atom stereocenters. The van der Waals surface area contributed by atoms with E-state index in [1.54, 1.807) is 14.2 Å². The molecule has 0 spiro atoms. The van der Waals surface area contributed by atoms with Gasteiger partial charge in [-0.1, -0.05) is 25.8 Å². The number of nitrogens with zero attached hydrogens (tertiary/aromatic N) is 1. The van der Waals surface area contributed by atoms with Gasteiger partial charge in [0.1, 0.15) is 0 Å². The summed E-state index contributed by atoms with van der Waals surface area (Å²) in [5.74, 6) is 2.29. The molecule has 0 bridgehead atoms. The molecule has 2 unspecified atom stereocenters. The van der Waals surface area contributed by atoms with Crippen LogP contribution in [0.4, 0.5) is 0 Å². The number of nitrogens with one attached hydrogen (secondary N) is 2. The van der Waals surface area contributed by atoms with E-state index in [2.05, 4.69) is 24.5 Å². The van der Waals surface area contributed by atoms with Gasteiger partial charge in [-0.25, -0.2) is 0 Å². The molecule has 3 N–H and O–H groups in total. The molecule has 0 heterocycles. The summed E-state index contributed by atoms with van der Waals surface area (Å²) < 4.78 is 10.6. The average molecular weight is 505 g/mol. The molecule has 1 aliphatic carbocycles. The fourth-order valence-corrected chi connectivity index (χ4v) is 3.53. The number of ether oxygens (including phenoxy) is 2. The summed E-state index contributed by atoms with van der Waals surface area (Å²) in [6, 6.07) is 5.98. The van der Waals surface area contributed by atoms with Crippen molar-refractivity contribution in [1.82, 2.24) is 10.6 Å². The Morgan fingerprint density at radius 1 is 1.21 bits per heavy atom. The molecule has 0 radical (unpaired) electrons. The van der Waals surface area contributed by atoms with Gasteiger partial charge in [0.05, 0.1) is 26.9 Å². The highest BCUT2D eigenvalue weighted by Crippen LogP contribution is 2.36. The molecule has 6 nitrogen and oxygen atoms in total. The number of benzene rings is 1. The van der Waals surface area contributed by atoms with Gasteiger partial charge < -0.3 is 25.2 Å². The van der Waals surface area contributed by atoms with Crippen molar-refractivity contribution in [3.63, 3.8) is 0 Å². The highest BCUT2D eigenvalue weighted by Gasteiger charge is 2.35. The summed E-state index contributed by atoms with van der Waals surface area (Å²) in [4.78, 5) is 4.74. The zero-order valence-electron chi connectivity index (χ0n) is 17.6. The lowest BCUT2D eigenvalue weighted by Gasteiger charge is -2.37. The Kier molecular flexibility index (Phi) is 11.0. The van der Waals surface area contributed by atoms with Crippen molar-refractivity contribution < 1.29 is 14.6 Å². The predicted octanol–water partition coefficient (Wildman–Crippen LogP) is 3.36. The Morgan fingerprint density at radius 3 is 2.61 bits per heavy atom. The van der Waals surface area contributed by atoms with E-state index in [0.717, 1.165) is 56.2 Å². The van der Waals surface area contributed by atoms with Crippen molar-refractivity contribution >= 4 is 29.9 Å². The number of hydrogen-bond donors (Lipinski definition) is 3. The highest BCUT2D eigenvalue weighted by molar-refractivity contribution is 14.0. The second-order valence-electron chi connectivity index (χ2n) is 7.48. The Bertz CT molecular complexity index is 627. The lowest BCUT2D eigenvalue weighted by Crippen LogP contribution is -2.42. The van der Waals surface area contributed by atoms with Crippen LogP contribution in [-0.4, -0.2) is 51.0 Å². The zero-order chi connectivity index (χ0) is 19.7. The van der Waals surface area contributed by atoms with Crippen molar-refractivity contribution in [3.8, 4) is 11.5 Å². The third-order valence-corrected chi connectivity index (χ3v) is 5.38. The van der Waals surface area contributed by atoms with E-state index in [9.17, 15) is 5.11 Å². The summed E-state index contributed by atoms with van der Waals surface area (Å²) >= 11 is 0. The number of aliphatic imine (C=N–C) groups is 1. The van der Waals surface area contributed by atoms with Crippen molar-refractivity contribution in [2.75, 3.05) is 33.9 Å². The van der Waals surface area contributed by atoms with Crippen LogP contribution in [0.25, 0.3) is 0 Å². The van der Waals surface area contributed by atoms with Crippen molar-refractivity contribution in [3.05, 3.63) is 23.8 Å². The summed E-state index contributed by atoms with van der Waals surface area (Å²) in [6.45, 7) is 6.41. The molecule has 0 saturated heterocycles. The van der Waals surface area contributed by atoms with Gasteiger partial charge in [0.25, 0.3) is 0 Å². The van der Waals surface area contributed by atoms with Crippen LogP contribution in [0.5, 0.6) is 11.5 Å². The highest BCUT2D eigenvalue weighted by atomic mass is 127. The van der Waals surface area contributed by atoms with Crippen molar-refractivity contribution in [2.24, 2.45) is 10.4 Å². The summed E-state index contributed by atoms with van der Waals surface area (Å²) in [5.41, 5.74) is 1.05. The molecule has 0 aromatic heterocycles. The van der Waals surface area contributed by atoms with Crippen LogP contribution >= 0.6 is 24.0 Å². The minimum atomic E-state index is -0.260. The first kappa shape index (κ1) is 24.8. The minimum absolute atomic E-state index is 0. The van der Waals surface area contributed by atoms with Crippen LogP contribution in [0.3, 0.4) is 0 Å². The lowest BCUT2D eigenvalue weighted by atomic mass is 9.73. The maximum atomic E-state index is 10.4. The first-order valence-electron chi connectivity index (χ1n) is 9.93. The van der Waals surface area contributed by atoms with Crippen LogP contribution in [0.2, 0.25) is 0 Å². The lowest BCUT2D eigenvalue weighted by molar-refractivity contribution is 0.00716. The molecule has 160 valence electrons. The molecular formula is C21H36IN3O3. The smallest absolute Gasteiger partial charge is 0.191 e. The normalized spacial score (nSPS) is 22.2. The van der Waals surface area contributed by atoms with Crippen LogP contribution in [-0.2, 0) is 6.42 Å². The Labute approximate surface area is 186 Å². The standard InChI is InChI=1S/C21H35N3O3.HI/c1-5-22-20(24-15-21(2)12-7-6-8-19(21)25)23-13-11-16-9-10-17(26-3)18(14-16)27-4;/h9-10,14,19,25H,5-8,11-13,15H2,1-4H3,(H2,22,23,24);1H. The quantitative estimate of drug-likeness (QED) is 0.287. The summed E-state index contributed by atoms with van der Waals surface area (Å²) in [6.07, 6.45) is 4.80. The van der Waals surface area contributed by atoms with E-state index in [0.29, 0.717) is 6.54 Å². The predicted molar refractivity (Wildman–Crippen MR) is 125 cm³/mol. The summed E-state index contributed by atoms with van der Waals surface area (Å²) in [5, 5.41) is 17.0. The maximum Gasteiger partial charge on any atom is 0.191 e. The van der Waals surface area contributed by atoms with E-state index < -0.39 is 0 Å². The fraction of sp³-hybridized carbons (Fsp3) is 0.667.